The van der Waals surface area contributed by atoms with Crippen molar-refractivity contribution in [2.45, 2.75) is 32.2 Å². The third-order valence-electron chi connectivity index (χ3n) is 4.22. The van der Waals surface area contributed by atoms with E-state index >= 15 is 0 Å². The van der Waals surface area contributed by atoms with Crippen LogP contribution >= 0.6 is 0 Å². The molecule has 0 radical (unpaired) electrons. The number of nitrogens with zero attached hydrogens (tertiary/aromatic N) is 1. The molecule has 1 heterocycles. The van der Waals surface area contributed by atoms with Crippen LogP contribution in [0.5, 0.6) is 0 Å². The first kappa shape index (κ1) is 13.4. The SMILES string of the molecule is CCCC1CN(c2cccc3ccccc23)CCCN1. The maximum Gasteiger partial charge on any atom is 0.0446 e. The highest BCUT2D eigenvalue weighted by Gasteiger charge is 2.18. The van der Waals surface area contributed by atoms with Crippen LogP contribution in [-0.4, -0.2) is 25.7 Å². The Morgan fingerprint density at radius 3 is 2.90 bits per heavy atom. The number of anilines is 1. The summed E-state index contributed by atoms with van der Waals surface area (Å²) in [6, 6.07) is 16.0. The summed E-state index contributed by atoms with van der Waals surface area (Å²) in [4.78, 5) is 2.57. The number of hydrogen-bond donors (Lipinski definition) is 1. The Hall–Kier alpha value is -1.54. The minimum atomic E-state index is 0.626. The monoisotopic (exact) mass is 268 g/mol. The summed E-state index contributed by atoms with van der Waals surface area (Å²) >= 11 is 0. The van der Waals surface area contributed by atoms with Gasteiger partial charge < -0.3 is 10.2 Å². The quantitative estimate of drug-likeness (QED) is 0.910. The molecule has 0 amide bonds. The number of benzene rings is 2. The van der Waals surface area contributed by atoms with Gasteiger partial charge in [0.2, 0.25) is 0 Å². The summed E-state index contributed by atoms with van der Waals surface area (Å²) in [6.45, 7) is 5.70. The lowest BCUT2D eigenvalue weighted by Crippen LogP contribution is -2.37. The maximum absolute atomic E-state index is 3.69. The predicted molar refractivity (Wildman–Crippen MR) is 87.5 cm³/mol. The summed E-state index contributed by atoms with van der Waals surface area (Å²) in [5.41, 5.74) is 1.40. The van der Waals surface area contributed by atoms with Gasteiger partial charge in [-0.2, -0.15) is 0 Å². The molecule has 1 saturated heterocycles. The second-order valence-electron chi connectivity index (χ2n) is 5.74. The van der Waals surface area contributed by atoms with E-state index in [9.17, 15) is 0 Å². The molecule has 3 rings (SSSR count). The molecule has 1 unspecified atom stereocenters. The van der Waals surface area contributed by atoms with Crippen molar-refractivity contribution in [3.05, 3.63) is 42.5 Å². The van der Waals surface area contributed by atoms with Crippen LogP contribution in [0.15, 0.2) is 42.5 Å². The van der Waals surface area contributed by atoms with Gasteiger partial charge in [0.25, 0.3) is 0 Å². The first-order valence-electron chi connectivity index (χ1n) is 7.84. The second-order valence-corrected chi connectivity index (χ2v) is 5.74. The Bertz CT molecular complexity index is 559. The number of hydrogen-bond acceptors (Lipinski definition) is 2. The van der Waals surface area contributed by atoms with Crippen molar-refractivity contribution in [3.8, 4) is 0 Å². The van der Waals surface area contributed by atoms with E-state index in [-0.39, 0.29) is 0 Å². The van der Waals surface area contributed by atoms with E-state index in [1.54, 1.807) is 0 Å². The van der Waals surface area contributed by atoms with Crippen LogP contribution < -0.4 is 10.2 Å². The van der Waals surface area contributed by atoms with E-state index in [0.29, 0.717) is 6.04 Å². The molecule has 20 heavy (non-hydrogen) atoms. The molecule has 2 nitrogen and oxygen atoms in total. The molecule has 0 aliphatic carbocycles. The molecule has 0 spiro atoms. The smallest absolute Gasteiger partial charge is 0.0446 e. The third-order valence-corrected chi connectivity index (χ3v) is 4.22. The number of nitrogens with one attached hydrogen (secondary N) is 1. The summed E-state index contributed by atoms with van der Waals surface area (Å²) in [6.07, 6.45) is 3.74. The molecule has 0 aromatic heterocycles. The fourth-order valence-electron chi connectivity index (χ4n) is 3.24. The van der Waals surface area contributed by atoms with Crippen molar-refractivity contribution in [2.75, 3.05) is 24.5 Å². The molecular weight excluding hydrogens is 244 g/mol. The molecule has 106 valence electrons. The van der Waals surface area contributed by atoms with E-state index < -0.39 is 0 Å². The van der Waals surface area contributed by atoms with Crippen molar-refractivity contribution in [1.82, 2.24) is 5.32 Å². The van der Waals surface area contributed by atoms with Crippen LogP contribution in [0.2, 0.25) is 0 Å². The lowest BCUT2D eigenvalue weighted by atomic mass is 10.1. The van der Waals surface area contributed by atoms with Crippen LogP contribution in [0.3, 0.4) is 0 Å². The highest BCUT2D eigenvalue weighted by molar-refractivity contribution is 5.94. The fourth-order valence-corrected chi connectivity index (χ4v) is 3.24. The standard InChI is InChI=1S/C18H24N2/c1-2-7-16-14-20(13-6-12-19-16)18-11-5-9-15-8-3-4-10-17(15)18/h3-5,8-11,16,19H,2,6-7,12-14H2,1H3. The van der Waals surface area contributed by atoms with Gasteiger partial charge in [-0.1, -0.05) is 49.7 Å². The third kappa shape index (κ3) is 2.80. The van der Waals surface area contributed by atoms with Gasteiger partial charge in [-0.15, -0.1) is 0 Å². The zero-order chi connectivity index (χ0) is 13.8. The average molecular weight is 268 g/mol. The summed E-state index contributed by atoms with van der Waals surface area (Å²) in [5.74, 6) is 0. The highest BCUT2D eigenvalue weighted by Crippen LogP contribution is 2.27. The van der Waals surface area contributed by atoms with Crippen molar-refractivity contribution in [1.29, 1.82) is 0 Å². The highest BCUT2D eigenvalue weighted by atomic mass is 15.2. The second kappa shape index (κ2) is 6.27. The Morgan fingerprint density at radius 2 is 2.00 bits per heavy atom. The molecule has 1 fully saturated rings. The predicted octanol–water partition coefficient (Wildman–Crippen LogP) is 3.81. The lowest BCUT2D eigenvalue weighted by molar-refractivity contribution is 0.503. The molecule has 0 saturated carbocycles. The summed E-state index contributed by atoms with van der Waals surface area (Å²) < 4.78 is 0. The Morgan fingerprint density at radius 1 is 1.15 bits per heavy atom. The van der Waals surface area contributed by atoms with Gasteiger partial charge in [-0.05, 0) is 30.8 Å². The summed E-state index contributed by atoms with van der Waals surface area (Å²) in [5, 5.41) is 6.41. The lowest BCUT2D eigenvalue weighted by Gasteiger charge is -2.27. The van der Waals surface area contributed by atoms with E-state index in [2.05, 4.69) is 59.6 Å². The van der Waals surface area contributed by atoms with Gasteiger partial charge in [0.15, 0.2) is 0 Å². The first-order chi connectivity index (χ1) is 9.88. The summed E-state index contributed by atoms with van der Waals surface area (Å²) in [7, 11) is 0. The van der Waals surface area contributed by atoms with E-state index in [1.807, 2.05) is 0 Å². The van der Waals surface area contributed by atoms with E-state index in [1.165, 1.54) is 35.7 Å². The van der Waals surface area contributed by atoms with Crippen LogP contribution in [0.4, 0.5) is 5.69 Å². The van der Waals surface area contributed by atoms with Gasteiger partial charge in [0.05, 0.1) is 0 Å². The van der Waals surface area contributed by atoms with Gasteiger partial charge in [0, 0.05) is 30.2 Å². The molecule has 1 aliphatic heterocycles. The molecule has 2 heteroatoms. The van der Waals surface area contributed by atoms with Crippen LogP contribution in [0.1, 0.15) is 26.2 Å². The molecule has 2 aromatic rings. The normalized spacial score (nSPS) is 20.1. The molecular formula is C18H24N2. The molecule has 1 N–H and O–H groups in total. The zero-order valence-electron chi connectivity index (χ0n) is 12.3. The molecule has 0 bridgehead atoms. The van der Waals surface area contributed by atoms with E-state index in [0.717, 1.165) is 19.6 Å². The van der Waals surface area contributed by atoms with Crippen molar-refractivity contribution < 1.29 is 0 Å². The largest absolute Gasteiger partial charge is 0.369 e. The van der Waals surface area contributed by atoms with Gasteiger partial charge >= 0.3 is 0 Å². The van der Waals surface area contributed by atoms with Crippen molar-refractivity contribution in [2.24, 2.45) is 0 Å². The number of fused-ring (bicyclic) bond motifs is 1. The first-order valence-corrected chi connectivity index (χ1v) is 7.84. The molecule has 1 atom stereocenters. The Balaban J connectivity index is 1.92. The fraction of sp³-hybridized carbons (Fsp3) is 0.444. The van der Waals surface area contributed by atoms with Gasteiger partial charge in [0.1, 0.15) is 0 Å². The Labute approximate surface area is 121 Å². The van der Waals surface area contributed by atoms with Crippen LogP contribution in [0, 0.1) is 0 Å². The van der Waals surface area contributed by atoms with Crippen LogP contribution in [-0.2, 0) is 0 Å². The average Bonchev–Trinajstić information content (AvgIpc) is 2.73. The van der Waals surface area contributed by atoms with Crippen LogP contribution in [0.25, 0.3) is 10.8 Å². The minimum Gasteiger partial charge on any atom is -0.369 e. The van der Waals surface area contributed by atoms with Crippen molar-refractivity contribution in [3.63, 3.8) is 0 Å². The zero-order valence-corrected chi connectivity index (χ0v) is 12.3. The van der Waals surface area contributed by atoms with Gasteiger partial charge in [-0.3, -0.25) is 0 Å². The van der Waals surface area contributed by atoms with Gasteiger partial charge in [-0.25, -0.2) is 0 Å². The van der Waals surface area contributed by atoms with Crippen molar-refractivity contribution >= 4 is 16.5 Å². The molecule has 2 aromatic carbocycles. The topological polar surface area (TPSA) is 15.3 Å². The van der Waals surface area contributed by atoms with E-state index in [4.69, 9.17) is 0 Å². The molecule has 1 aliphatic rings. The maximum atomic E-state index is 3.69. The number of rotatable bonds is 3. The Kier molecular flexibility index (Phi) is 4.22. The minimum absolute atomic E-state index is 0.626.